The van der Waals surface area contributed by atoms with Gasteiger partial charge in [0.2, 0.25) is 10.0 Å². The van der Waals surface area contributed by atoms with E-state index in [1.165, 1.54) is 18.2 Å². The second-order valence-electron chi connectivity index (χ2n) is 5.20. The van der Waals surface area contributed by atoms with Gasteiger partial charge >= 0.3 is 0 Å². The standard InChI is InChI=1S/C13H18ClFN2O2S/c1-9-7-16-5-4-13(9)17-20(18,19)8-10-2-3-12(15)11(14)6-10/h2-3,6,9,13,16-17H,4-5,7-8H2,1H3. The smallest absolute Gasteiger partial charge is 0.216 e. The van der Waals surface area contributed by atoms with Gasteiger partial charge in [-0.25, -0.2) is 17.5 Å². The highest BCUT2D eigenvalue weighted by molar-refractivity contribution is 7.88. The molecular weight excluding hydrogens is 303 g/mol. The van der Waals surface area contributed by atoms with E-state index in [9.17, 15) is 12.8 Å². The molecule has 1 aliphatic heterocycles. The lowest BCUT2D eigenvalue weighted by Crippen LogP contribution is -2.48. The summed E-state index contributed by atoms with van der Waals surface area (Å²) in [7, 11) is -3.46. The van der Waals surface area contributed by atoms with E-state index in [0.29, 0.717) is 5.56 Å². The van der Waals surface area contributed by atoms with Gasteiger partial charge in [0.25, 0.3) is 0 Å². The molecule has 2 unspecified atom stereocenters. The quantitative estimate of drug-likeness (QED) is 0.891. The Morgan fingerprint density at radius 1 is 1.50 bits per heavy atom. The van der Waals surface area contributed by atoms with E-state index in [2.05, 4.69) is 10.0 Å². The summed E-state index contributed by atoms with van der Waals surface area (Å²) in [6, 6.07) is 3.91. The highest BCUT2D eigenvalue weighted by atomic mass is 35.5. The SMILES string of the molecule is CC1CNCCC1NS(=O)(=O)Cc1ccc(F)c(Cl)c1. The van der Waals surface area contributed by atoms with Gasteiger partial charge in [0.15, 0.2) is 0 Å². The van der Waals surface area contributed by atoms with Crippen LogP contribution in [0.3, 0.4) is 0 Å². The molecular formula is C13H18ClFN2O2S. The molecule has 20 heavy (non-hydrogen) atoms. The van der Waals surface area contributed by atoms with Crippen LogP contribution in [0.15, 0.2) is 18.2 Å². The van der Waals surface area contributed by atoms with Crippen molar-refractivity contribution in [2.24, 2.45) is 5.92 Å². The molecule has 1 aliphatic rings. The van der Waals surface area contributed by atoms with Gasteiger partial charge in [0.05, 0.1) is 10.8 Å². The van der Waals surface area contributed by atoms with Crippen LogP contribution in [0.25, 0.3) is 0 Å². The van der Waals surface area contributed by atoms with Crippen LogP contribution in [0, 0.1) is 11.7 Å². The van der Waals surface area contributed by atoms with Crippen molar-refractivity contribution in [1.29, 1.82) is 0 Å². The topological polar surface area (TPSA) is 58.2 Å². The average molecular weight is 321 g/mol. The molecule has 0 radical (unpaired) electrons. The van der Waals surface area contributed by atoms with Crippen molar-refractivity contribution >= 4 is 21.6 Å². The predicted molar refractivity (Wildman–Crippen MR) is 77.6 cm³/mol. The first kappa shape index (κ1) is 15.7. The van der Waals surface area contributed by atoms with Crippen molar-refractivity contribution in [3.05, 3.63) is 34.6 Å². The Bertz CT molecular complexity index is 580. The summed E-state index contributed by atoms with van der Waals surface area (Å²) in [5, 5.41) is 3.16. The fourth-order valence-corrected chi connectivity index (χ4v) is 4.03. The first-order chi connectivity index (χ1) is 9.37. The number of rotatable bonds is 4. The predicted octanol–water partition coefficient (Wildman–Crippen LogP) is 1.90. The monoisotopic (exact) mass is 320 g/mol. The molecule has 1 fully saturated rings. The van der Waals surface area contributed by atoms with Crippen LogP contribution in [0.1, 0.15) is 18.9 Å². The molecule has 112 valence electrons. The summed E-state index contributed by atoms with van der Waals surface area (Å²) in [5.74, 6) is -0.494. The molecule has 0 saturated carbocycles. The number of hydrogen-bond donors (Lipinski definition) is 2. The van der Waals surface area contributed by atoms with Crippen LogP contribution in [0.4, 0.5) is 4.39 Å². The van der Waals surface area contributed by atoms with Crippen LogP contribution < -0.4 is 10.0 Å². The zero-order valence-electron chi connectivity index (χ0n) is 11.2. The number of hydrogen-bond acceptors (Lipinski definition) is 3. The second-order valence-corrected chi connectivity index (χ2v) is 7.36. The van der Waals surface area contributed by atoms with Crippen molar-refractivity contribution in [1.82, 2.24) is 10.0 Å². The fraction of sp³-hybridized carbons (Fsp3) is 0.538. The van der Waals surface area contributed by atoms with Gasteiger partial charge in [-0.05, 0) is 43.1 Å². The highest BCUT2D eigenvalue weighted by Gasteiger charge is 2.25. The summed E-state index contributed by atoms with van der Waals surface area (Å²) in [6.45, 7) is 3.61. The van der Waals surface area contributed by atoms with Gasteiger partial charge in [-0.3, -0.25) is 0 Å². The molecule has 2 N–H and O–H groups in total. The Kier molecular flexibility index (Phi) is 5.01. The zero-order valence-corrected chi connectivity index (χ0v) is 12.8. The van der Waals surface area contributed by atoms with E-state index in [-0.39, 0.29) is 22.7 Å². The average Bonchev–Trinajstić information content (AvgIpc) is 2.36. The molecule has 0 aliphatic carbocycles. The molecule has 1 saturated heterocycles. The van der Waals surface area contributed by atoms with Gasteiger partial charge < -0.3 is 5.32 Å². The molecule has 0 aromatic heterocycles. The number of benzene rings is 1. The second kappa shape index (κ2) is 6.39. The normalized spacial score (nSPS) is 23.8. The highest BCUT2D eigenvalue weighted by Crippen LogP contribution is 2.18. The number of nitrogens with one attached hydrogen (secondary N) is 2. The van der Waals surface area contributed by atoms with Crippen molar-refractivity contribution in [3.63, 3.8) is 0 Å². The first-order valence-electron chi connectivity index (χ1n) is 6.52. The Morgan fingerprint density at radius 2 is 2.25 bits per heavy atom. The Labute approximate surface area is 123 Å². The molecule has 2 rings (SSSR count). The van der Waals surface area contributed by atoms with Crippen LogP contribution in [0.2, 0.25) is 5.02 Å². The van der Waals surface area contributed by atoms with Crippen LogP contribution in [-0.2, 0) is 15.8 Å². The van der Waals surface area contributed by atoms with Gasteiger partial charge in [0, 0.05) is 6.04 Å². The summed E-state index contributed by atoms with van der Waals surface area (Å²) in [6.07, 6.45) is 0.768. The lowest BCUT2D eigenvalue weighted by molar-refractivity contribution is 0.328. The molecule has 7 heteroatoms. The van der Waals surface area contributed by atoms with Crippen molar-refractivity contribution < 1.29 is 12.8 Å². The Morgan fingerprint density at radius 3 is 2.90 bits per heavy atom. The molecule has 2 atom stereocenters. The van der Waals surface area contributed by atoms with Crippen molar-refractivity contribution in [3.8, 4) is 0 Å². The third-order valence-electron chi connectivity index (χ3n) is 3.46. The molecule has 0 bridgehead atoms. The molecule has 0 spiro atoms. The maximum absolute atomic E-state index is 13.1. The minimum absolute atomic E-state index is 0.0582. The number of sulfonamides is 1. The third-order valence-corrected chi connectivity index (χ3v) is 5.12. The Hall–Kier alpha value is -0.690. The molecule has 1 aromatic rings. The zero-order chi connectivity index (χ0) is 14.8. The van der Waals surface area contributed by atoms with E-state index in [1.54, 1.807) is 0 Å². The van der Waals surface area contributed by atoms with E-state index >= 15 is 0 Å². The third kappa shape index (κ3) is 4.15. The minimum Gasteiger partial charge on any atom is -0.316 e. The van der Waals surface area contributed by atoms with E-state index in [1.807, 2.05) is 6.92 Å². The minimum atomic E-state index is -3.46. The van der Waals surface area contributed by atoms with Crippen molar-refractivity contribution in [2.45, 2.75) is 25.1 Å². The van der Waals surface area contributed by atoms with Crippen molar-refractivity contribution in [2.75, 3.05) is 13.1 Å². The maximum atomic E-state index is 13.1. The summed E-state index contributed by atoms with van der Waals surface area (Å²) in [5.41, 5.74) is 0.477. The van der Waals surface area contributed by atoms with Crippen LogP contribution in [-0.4, -0.2) is 27.5 Å². The van der Waals surface area contributed by atoms with Gasteiger partial charge in [0.1, 0.15) is 5.82 Å². The summed E-state index contributed by atoms with van der Waals surface area (Å²) >= 11 is 5.66. The molecule has 0 amide bonds. The molecule has 1 aromatic carbocycles. The van der Waals surface area contributed by atoms with E-state index in [0.717, 1.165) is 19.5 Å². The van der Waals surface area contributed by atoms with E-state index < -0.39 is 15.8 Å². The van der Waals surface area contributed by atoms with Crippen LogP contribution >= 0.6 is 11.6 Å². The summed E-state index contributed by atoms with van der Waals surface area (Å²) < 4.78 is 40.1. The maximum Gasteiger partial charge on any atom is 0.216 e. The molecule has 1 heterocycles. The van der Waals surface area contributed by atoms with Crippen LogP contribution in [0.5, 0.6) is 0 Å². The summed E-state index contributed by atoms with van der Waals surface area (Å²) in [4.78, 5) is 0. The number of halogens is 2. The fourth-order valence-electron chi connectivity index (χ4n) is 2.31. The van der Waals surface area contributed by atoms with Gasteiger partial charge in [-0.1, -0.05) is 24.6 Å². The van der Waals surface area contributed by atoms with E-state index in [4.69, 9.17) is 11.6 Å². The van der Waals surface area contributed by atoms with Gasteiger partial charge in [-0.2, -0.15) is 0 Å². The molecule has 4 nitrogen and oxygen atoms in total. The number of piperidine rings is 1. The lowest BCUT2D eigenvalue weighted by Gasteiger charge is -2.29. The van der Waals surface area contributed by atoms with Gasteiger partial charge in [-0.15, -0.1) is 0 Å². The first-order valence-corrected chi connectivity index (χ1v) is 8.55. The largest absolute Gasteiger partial charge is 0.316 e. The Balaban J connectivity index is 2.04. The lowest BCUT2D eigenvalue weighted by atomic mass is 9.97.